The van der Waals surface area contributed by atoms with Crippen molar-refractivity contribution in [3.63, 3.8) is 0 Å². The molecule has 2 aromatic carbocycles. The van der Waals surface area contributed by atoms with Crippen LogP contribution in [0.5, 0.6) is 5.75 Å². The van der Waals surface area contributed by atoms with Crippen molar-refractivity contribution in [3.05, 3.63) is 64.4 Å². The highest BCUT2D eigenvalue weighted by Gasteiger charge is 2.12. The Balaban J connectivity index is 2.03. The average Bonchev–Trinajstić information content (AvgIpc) is 2.38. The minimum atomic E-state index is -0.488. The lowest BCUT2D eigenvalue weighted by Crippen LogP contribution is -2.20. The van der Waals surface area contributed by atoms with Crippen molar-refractivity contribution in [2.45, 2.75) is 6.04 Å². The summed E-state index contributed by atoms with van der Waals surface area (Å²) in [6, 6.07) is 13.5. The van der Waals surface area contributed by atoms with Gasteiger partial charge >= 0.3 is 0 Å². The smallest absolute Gasteiger partial charge is 0.133 e. The highest BCUT2D eigenvalue weighted by Crippen LogP contribution is 2.25. The summed E-state index contributed by atoms with van der Waals surface area (Å²) in [6.45, 7) is 0.226. The van der Waals surface area contributed by atoms with Gasteiger partial charge in [-0.05, 0) is 34.1 Å². The topological polar surface area (TPSA) is 35.2 Å². The number of rotatable bonds is 4. The molecule has 0 bridgehead atoms. The molecule has 0 fully saturated rings. The van der Waals surface area contributed by atoms with Crippen LogP contribution in [0, 0.1) is 5.82 Å². The lowest BCUT2D eigenvalue weighted by Gasteiger charge is -2.15. The first-order chi connectivity index (χ1) is 8.68. The van der Waals surface area contributed by atoms with Gasteiger partial charge in [0.25, 0.3) is 0 Å². The van der Waals surface area contributed by atoms with Gasteiger partial charge in [-0.25, -0.2) is 4.39 Å². The van der Waals surface area contributed by atoms with E-state index < -0.39 is 6.04 Å². The zero-order valence-electron chi connectivity index (χ0n) is 9.64. The van der Waals surface area contributed by atoms with Crippen molar-refractivity contribution in [3.8, 4) is 5.75 Å². The summed E-state index contributed by atoms with van der Waals surface area (Å²) >= 11 is 3.38. The van der Waals surface area contributed by atoms with Crippen LogP contribution in [0.3, 0.4) is 0 Å². The largest absolute Gasteiger partial charge is 0.490 e. The summed E-state index contributed by atoms with van der Waals surface area (Å²) in [7, 11) is 0. The molecule has 0 aliphatic carbocycles. The van der Waals surface area contributed by atoms with Gasteiger partial charge in [-0.1, -0.05) is 30.3 Å². The van der Waals surface area contributed by atoms with Crippen LogP contribution in [0.2, 0.25) is 0 Å². The maximum atomic E-state index is 13.5. The summed E-state index contributed by atoms with van der Waals surface area (Å²) in [4.78, 5) is 0. The van der Waals surface area contributed by atoms with Gasteiger partial charge in [0.15, 0.2) is 0 Å². The maximum Gasteiger partial charge on any atom is 0.133 e. The van der Waals surface area contributed by atoms with E-state index in [-0.39, 0.29) is 12.4 Å². The third-order valence-electron chi connectivity index (χ3n) is 2.56. The van der Waals surface area contributed by atoms with Crippen LogP contribution in [0.4, 0.5) is 4.39 Å². The quantitative estimate of drug-likeness (QED) is 0.935. The van der Waals surface area contributed by atoms with Gasteiger partial charge in [0.05, 0.1) is 10.5 Å². The van der Waals surface area contributed by atoms with Crippen molar-refractivity contribution in [1.82, 2.24) is 0 Å². The number of halogens is 2. The number of ether oxygens (including phenoxy) is 1. The van der Waals surface area contributed by atoms with Crippen LogP contribution in [-0.2, 0) is 0 Å². The first-order valence-electron chi connectivity index (χ1n) is 5.56. The third kappa shape index (κ3) is 3.09. The maximum absolute atomic E-state index is 13.5. The summed E-state index contributed by atoms with van der Waals surface area (Å²) in [5.41, 5.74) is 6.38. The van der Waals surface area contributed by atoms with Gasteiger partial charge in [-0.3, -0.25) is 0 Å². The van der Waals surface area contributed by atoms with Gasteiger partial charge < -0.3 is 10.5 Å². The molecule has 2 N–H and O–H groups in total. The first-order valence-corrected chi connectivity index (χ1v) is 6.35. The van der Waals surface area contributed by atoms with Crippen LogP contribution in [0.25, 0.3) is 0 Å². The Morgan fingerprint density at radius 3 is 2.50 bits per heavy atom. The van der Waals surface area contributed by atoms with Crippen molar-refractivity contribution < 1.29 is 9.13 Å². The predicted octanol–water partition coefficient (Wildman–Crippen LogP) is 3.67. The Hall–Kier alpha value is -1.39. The van der Waals surface area contributed by atoms with Crippen molar-refractivity contribution in [2.24, 2.45) is 5.73 Å². The fourth-order valence-electron chi connectivity index (χ4n) is 1.61. The Morgan fingerprint density at radius 1 is 1.11 bits per heavy atom. The van der Waals surface area contributed by atoms with Crippen molar-refractivity contribution in [2.75, 3.05) is 6.61 Å². The van der Waals surface area contributed by atoms with Gasteiger partial charge in [0.2, 0.25) is 0 Å². The van der Waals surface area contributed by atoms with Crippen molar-refractivity contribution in [1.29, 1.82) is 0 Å². The Labute approximate surface area is 114 Å². The Bertz CT molecular complexity index is 533. The minimum absolute atomic E-state index is 0.226. The highest BCUT2D eigenvalue weighted by molar-refractivity contribution is 9.10. The van der Waals surface area contributed by atoms with Crippen molar-refractivity contribution >= 4 is 15.9 Å². The number of benzene rings is 2. The molecule has 2 aromatic rings. The molecule has 1 unspecified atom stereocenters. The molecule has 2 nitrogen and oxygen atoms in total. The molecule has 0 spiro atoms. The fraction of sp³-hybridized carbons (Fsp3) is 0.143. The summed E-state index contributed by atoms with van der Waals surface area (Å²) in [5.74, 6) is 0.394. The molecule has 0 heterocycles. The second-order valence-electron chi connectivity index (χ2n) is 3.87. The zero-order chi connectivity index (χ0) is 13.0. The van der Waals surface area contributed by atoms with E-state index in [2.05, 4.69) is 15.9 Å². The van der Waals surface area contributed by atoms with E-state index >= 15 is 0 Å². The number of para-hydroxylation sites is 1. The van der Waals surface area contributed by atoms with Crippen LogP contribution >= 0.6 is 15.9 Å². The number of hydrogen-bond acceptors (Lipinski definition) is 2. The molecule has 0 radical (unpaired) electrons. The second kappa shape index (κ2) is 5.98. The van der Waals surface area contributed by atoms with Gasteiger partial charge in [-0.15, -0.1) is 0 Å². The summed E-state index contributed by atoms with van der Waals surface area (Å²) in [6.07, 6.45) is 0. The van der Waals surface area contributed by atoms with Crippen LogP contribution < -0.4 is 10.5 Å². The van der Waals surface area contributed by atoms with E-state index in [1.807, 2.05) is 24.3 Å². The molecule has 0 aromatic heterocycles. The molecule has 18 heavy (non-hydrogen) atoms. The van der Waals surface area contributed by atoms with Crippen LogP contribution in [-0.4, -0.2) is 6.61 Å². The second-order valence-corrected chi connectivity index (χ2v) is 4.72. The highest BCUT2D eigenvalue weighted by atomic mass is 79.9. The number of hydrogen-bond donors (Lipinski definition) is 1. The summed E-state index contributed by atoms with van der Waals surface area (Å²) < 4.78 is 19.9. The van der Waals surface area contributed by atoms with E-state index in [0.717, 1.165) is 4.47 Å². The number of nitrogens with two attached hydrogens (primary N) is 1. The normalized spacial score (nSPS) is 12.2. The average molecular weight is 310 g/mol. The Kier molecular flexibility index (Phi) is 4.33. The van der Waals surface area contributed by atoms with E-state index in [0.29, 0.717) is 11.3 Å². The monoisotopic (exact) mass is 309 g/mol. The molecule has 0 saturated carbocycles. The lowest BCUT2D eigenvalue weighted by atomic mass is 10.1. The third-order valence-corrected chi connectivity index (χ3v) is 3.21. The minimum Gasteiger partial charge on any atom is -0.490 e. The van der Waals surface area contributed by atoms with Gasteiger partial charge in [-0.2, -0.15) is 0 Å². The van der Waals surface area contributed by atoms with E-state index in [4.69, 9.17) is 10.5 Å². The molecular weight excluding hydrogens is 297 g/mol. The van der Waals surface area contributed by atoms with Crippen LogP contribution in [0.1, 0.15) is 11.6 Å². The molecular formula is C14H13BrFNO. The van der Waals surface area contributed by atoms with E-state index in [1.165, 1.54) is 6.07 Å². The lowest BCUT2D eigenvalue weighted by molar-refractivity contribution is 0.286. The molecule has 4 heteroatoms. The SMILES string of the molecule is NC(COc1ccccc1Br)c1ccccc1F. The van der Waals surface area contributed by atoms with Crippen LogP contribution in [0.15, 0.2) is 53.0 Å². The van der Waals surface area contributed by atoms with Gasteiger partial charge in [0, 0.05) is 5.56 Å². The molecule has 0 amide bonds. The van der Waals surface area contributed by atoms with Gasteiger partial charge in [0.1, 0.15) is 18.2 Å². The molecule has 1 atom stereocenters. The molecule has 94 valence electrons. The van der Waals surface area contributed by atoms with E-state index in [1.54, 1.807) is 18.2 Å². The standard InChI is InChI=1S/C14H13BrFNO/c15-11-6-2-4-8-14(11)18-9-13(17)10-5-1-3-7-12(10)16/h1-8,13H,9,17H2. The molecule has 0 saturated heterocycles. The molecule has 0 aliphatic rings. The fourth-order valence-corrected chi connectivity index (χ4v) is 2.01. The van der Waals surface area contributed by atoms with E-state index in [9.17, 15) is 4.39 Å². The predicted molar refractivity (Wildman–Crippen MR) is 73.0 cm³/mol. The zero-order valence-corrected chi connectivity index (χ0v) is 11.2. The summed E-state index contributed by atoms with van der Waals surface area (Å²) in [5, 5.41) is 0. The molecule has 0 aliphatic heterocycles. The first kappa shape index (κ1) is 13.1. The Morgan fingerprint density at radius 2 is 1.78 bits per heavy atom. The molecule has 2 rings (SSSR count).